The molecule has 0 saturated carbocycles. The molecule has 0 aliphatic carbocycles. The summed E-state index contributed by atoms with van der Waals surface area (Å²) >= 11 is 0. The molecule has 2 atom stereocenters. The fourth-order valence-corrected chi connectivity index (χ4v) is 2.17. The van der Waals surface area contributed by atoms with E-state index in [1.807, 2.05) is 0 Å². The number of hydrogen-bond donors (Lipinski definition) is 2. The first-order chi connectivity index (χ1) is 6.84. The highest BCUT2D eigenvalue weighted by Gasteiger charge is 2.18. The van der Waals surface area contributed by atoms with Crippen molar-refractivity contribution in [2.75, 3.05) is 6.54 Å². The zero-order chi connectivity index (χ0) is 9.80. The molecule has 2 heteroatoms. The molecule has 0 bridgehead atoms. The molecule has 1 aromatic rings. The van der Waals surface area contributed by atoms with Crippen molar-refractivity contribution in [1.82, 2.24) is 5.32 Å². The molecule has 2 rings (SSSR count). The van der Waals surface area contributed by atoms with Gasteiger partial charge >= 0.3 is 0 Å². The summed E-state index contributed by atoms with van der Waals surface area (Å²) < 4.78 is 0. The van der Waals surface area contributed by atoms with E-state index in [4.69, 9.17) is 5.73 Å². The van der Waals surface area contributed by atoms with Crippen LogP contribution in [-0.2, 0) is 6.42 Å². The minimum atomic E-state index is 0.206. The van der Waals surface area contributed by atoms with Gasteiger partial charge in [0.25, 0.3) is 0 Å². The lowest BCUT2D eigenvalue weighted by Crippen LogP contribution is -2.44. The number of nitrogens with two attached hydrogens (primary N) is 1. The minimum absolute atomic E-state index is 0.206. The highest BCUT2D eigenvalue weighted by molar-refractivity contribution is 5.15. The van der Waals surface area contributed by atoms with Crippen molar-refractivity contribution < 1.29 is 0 Å². The number of benzene rings is 1. The summed E-state index contributed by atoms with van der Waals surface area (Å²) in [5, 5.41) is 3.28. The van der Waals surface area contributed by atoms with Crippen LogP contribution in [0.25, 0.3) is 0 Å². The minimum Gasteiger partial charge on any atom is -0.316 e. The molecular formula is C12H18N2. The second-order valence-corrected chi connectivity index (χ2v) is 4.14. The number of rotatable bonds is 2. The van der Waals surface area contributed by atoms with E-state index >= 15 is 0 Å². The van der Waals surface area contributed by atoms with Crippen molar-refractivity contribution in [1.29, 1.82) is 0 Å². The summed E-state index contributed by atoms with van der Waals surface area (Å²) in [7, 11) is 0. The lowest BCUT2D eigenvalue weighted by Gasteiger charge is -2.27. The van der Waals surface area contributed by atoms with Gasteiger partial charge in [0.05, 0.1) is 6.17 Å². The molecule has 1 aliphatic rings. The van der Waals surface area contributed by atoms with Crippen molar-refractivity contribution in [2.24, 2.45) is 11.7 Å². The van der Waals surface area contributed by atoms with Crippen molar-refractivity contribution in [3.63, 3.8) is 0 Å². The molecule has 0 amide bonds. The molecule has 0 aromatic heterocycles. The average molecular weight is 190 g/mol. The Kier molecular flexibility index (Phi) is 3.17. The monoisotopic (exact) mass is 190 g/mol. The van der Waals surface area contributed by atoms with Gasteiger partial charge in [-0.3, -0.25) is 0 Å². The largest absolute Gasteiger partial charge is 0.316 e. The number of piperidine rings is 1. The Bertz CT molecular complexity index is 271. The van der Waals surface area contributed by atoms with E-state index in [1.165, 1.54) is 18.4 Å². The highest BCUT2D eigenvalue weighted by atomic mass is 15.0. The zero-order valence-corrected chi connectivity index (χ0v) is 8.45. The summed E-state index contributed by atoms with van der Waals surface area (Å²) in [6.45, 7) is 1.07. The fraction of sp³-hybridized carbons (Fsp3) is 0.500. The van der Waals surface area contributed by atoms with Gasteiger partial charge in [0.2, 0.25) is 0 Å². The van der Waals surface area contributed by atoms with E-state index < -0.39 is 0 Å². The van der Waals surface area contributed by atoms with Crippen molar-refractivity contribution in [2.45, 2.75) is 25.4 Å². The van der Waals surface area contributed by atoms with Crippen LogP contribution >= 0.6 is 0 Å². The molecule has 76 valence electrons. The second-order valence-electron chi connectivity index (χ2n) is 4.14. The molecule has 2 nitrogen and oxygen atoms in total. The molecule has 3 N–H and O–H groups in total. The molecule has 1 heterocycles. The number of hydrogen-bond acceptors (Lipinski definition) is 2. The van der Waals surface area contributed by atoms with E-state index in [0.717, 1.165) is 18.9 Å². The first kappa shape index (κ1) is 9.69. The predicted molar refractivity (Wildman–Crippen MR) is 58.8 cm³/mol. The van der Waals surface area contributed by atoms with E-state index in [2.05, 4.69) is 35.6 Å². The lowest BCUT2D eigenvalue weighted by molar-refractivity contribution is 0.305. The van der Waals surface area contributed by atoms with Crippen LogP contribution in [-0.4, -0.2) is 12.7 Å². The van der Waals surface area contributed by atoms with Crippen LogP contribution in [0.1, 0.15) is 18.4 Å². The third kappa shape index (κ3) is 2.56. The van der Waals surface area contributed by atoms with E-state index in [1.54, 1.807) is 0 Å². The predicted octanol–water partition coefficient (Wildman–Crippen LogP) is 1.51. The third-order valence-electron chi connectivity index (χ3n) is 2.91. The van der Waals surface area contributed by atoms with Gasteiger partial charge in [-0.05, 0) is 37.3 Å². The average Bonchev–Trinajstić information content (AvgIpc) is 2.19. The maximum atomic E-state index is 5.87. The SMILES string of the molecule is NC1CC(Cc2ccccc2)CCN1. The Balaban J connectivity index is 1.91. The Labute approximate surface area is 85.5 Å². The quantitative estimate of drug-likeness (QED) is 0.742. The van der Waals surface area contributed by atoms with E-state index in [9.17, 15) is 0 Å². The fourth-order valence-electron chi connectivity index (χ4n) is 2.17. The van der Waals surface area contributed by atoms with Gasteiger partial charge in [-0.25, -0.2) is 0 Å². The molecule has 1 fully saturated rings. The first-order valence-electron chi connectivity index (χ1n) is 5.37. The molecule has 0 radical (unpaired) electrons. The summed E-state index contributed by atoms with van der Waals surface area (Å²) in [6, 6.07) is 10.7. The molecule has 1 aliphatic heterocycles. The highest BCUT2D eigenvalue weighted by Crippen LogP contribution is 2.19. The topological polar surface area (TPSA) is 38.0 Å². The van der Waals surface area contributed by atoms with Crippen LogP contribution in [0.5, 0.6) is 0 Å². The van der Waals surface area contributed by atoms with Gasteiger partial charge in [-0.2, -0.15) is 0 Å². The number of nitrogens with one attached hydrogen (secondary N) is 1. The molecule has 1 aromatic carbocycles. The maximum absolute atomic E-state index is 5.87. The van der Waals surface area contributed by atoms with Crippen molar-refractivity contribution in [3.05, 3.63) is 35.9 Å². The van der Waals surface area contributed by atoms with Crippen molar-refractivity contribution in [3.8, 4) is 0 Å². The van der Waals surface area contributed by atoms with Gasteiger partial charge in [0, 0.05) is 0 Å². The normalized spacial score (nSPS) is 27.5. The lowest BCUT2D eigenvalue weighted by atomic mass is 9.90. The summed E-state index contributed by atoms with van der Waals surface area (Å²) in [5.74, 6) is 0.758. The van der Waals surface area contributed by atoms with Crippen LogP contribution in [0.3, 0.4) is 0 Å². The second kappa shape index (κ2) is 4.58. The molecule has 14 heavy (non-hydrogen) atoms. The van der Waals surface area contributed by atoms with Gasteiger partial charge in [-0.15, -0.1) is 0 Å². The zero-order valence-electron chi connectivity index (χ0n) is 8.45. The van der Waals surface area contributed by atoms with Gasteiger partial charge in [0.15, 0.2) is 0 Å². The van der Waals surface area contributed by atoms with Crippen LogP contribution in [0.15, 0.2) is 30.3 Å². The molecule has 0 spiro atoms. The molecule has 2 unspecified atom stereocenters. The third-order valence-corrected chi connectivity index (χ3v) is 2.91. The molecular weight excluding hydrogens is 172 g/mol. The standard InChI is InChI=1S/C12H18N2/c13-12-9-11(6-7-14-12)8-10-4-2-1-3-5-10/h1-5,11-12,14H,6-9,13H2. The summed E-state index contributed by atoms with van der Waals surface area (Å²) in [6.07, 6.45) is 3.74. The Hall–Kier alpha value is -0.860. The van der Waals surface area contributed by atoms with Gasteiger partial charge < -0.3 is 11.1 Å². The Morgan fingerprint density at radius 2 is 2.07 bits per heavy atom. The van der Waals surface area contributed by atoms with Crippen LogP contribution < -0.4 is 11.1 Å². The first-order valence-corrected chi connectivity index (χ1v) is 5.37. The Morgan fingerprint density at radius 3 is 2.79 bits per heavy atom. The summed E-state index contributed by atoms with van der Waals surface area (Å²) in [5.41, 5.74) is 7.30. The van der Waals surface area contributed by atoms with E-state index in [-0.39, 0.29) is 6.17 Å². The molecule has 1 saturated heterocycles. The van der Waals surface area contributed by atoms with Crippen LogP contribution in [0.2, 0.25) is 0 Å². The van der Waals surface area contributed by atoms with Crippen molar-refractivity contribution >= 4 is 0 Å². The Morgan fingerprint density at radius 1 is 1.29 bits per heavy atom. The van der Waals surface area contributed by atoms with E-state index in [0.29, 0.717) is 0 Å². The van der Waals surface area contributed by atoms with Crippen LogP contribution in [0, 0.1) is 5.92 Å². The maximum Gasteiger partial charge on any atom is 0.0549 e. The summed E-state index contributed by atoms with van der Waals surface area (Å²) in [4.78, 5) is 0. The van der Waals surface area contributed by atoms with Gasteiger partial charge in [-0.1, -0.05) is 30.3 Å². The van der Waals surface area contributed by atoms with Gasteiger partial charge in [0.1, 0.15) is 0 Å². The van der Waals surface area contributed by atoms with Crippen LogP contribution in [0.4, 0.5) is 0 Å². The smallest absolute Gasteiger partial charge is 0.0549 e.